The zero-order valence-corrected chi connectivity index (χ0v) is 29.4. The molecule has 0 N–H and O–H groups in total. The molecule has 0 fully saturated rings. The molecule has 6 atom stereocenters. The van der Waals surface area contributed by atoms with Crippen LogP contribution in [0.1, 0.15) is 102 Å². The number of hydrogen-bond donors (Lipinski definition) is 0. The van der Waals surface area contributed by atoms with Gasteiger partial charge in [0.1, 0.15) is 40.7 Å². The largest absolute Gasteiger partial charge is 0.497 e. The van der Waals surface area contributed by atoms with Gasteiger partial charge in [-0.15, -0.1) is 0 Å². The van der Waals surface area contributed by atoms with Crippen molar-refractivity contribution in [1.82, 2.24) is 0 Å². The Morgan fingerprint density at radius 2 is 1.30 bits per heavy atom. The van der Waals surface area contributed by atoms with Crippen LogP contribution < -0.4 is 10.2 Å². The monoisotopic (exact) mass is 640 g/mol. The van der Waals surface area contributed by atoms with Crippen molar-refractivity contribution in [3.8, 4) is 5.75 Å². The van der Waals surface area contributed by atoms with Gasteiger partial charge in [-0.05, 0) is 45.4 Å². The van der Waals surface area contributed by atoms with E-state index in [9.17, 15) is 24.0 Å². The number of ether oxygens (including phenoxy) is 3. The minimum atomic E-state index is -0.959. The summed E-state index contributed by atoms with van der Waals surface area (Å²) < 4.78 is 23.6. The number of rotatable bonds is 18. The summed E-state index contributed by atoms with van der Waals surface area (Å²) in [6.07, 6.45) is -0.922. The van der Waals surface area contributed by atoms with Gasteiger partial charge in [-0.1, -0.05) is 53.7 Å². The molecular formula is C37H52O9. The van der Waals surface area contributed by atoms with Crippen LogP contribution in [0.5, 0.6) is 5.75 Å². The van der Waals surface area contributed by atoms with Crippen molar-refractivity contribution in [3.05, 3.63) is 62.7 Å². The number of benzene rings is 1. The quantitative estimate of drug-likeness (QED) is 0.168. The summed E-state index contributed by atoms with van der Waals surface area (Å²) in [5.41, 5.74) is 1.54. The van der Waals surface area contributed by atoms with Gasteiger partial charge in [0.15, 0.2) is 5.43 Å². The summed E-state index contributed by atoms with van der Waals surface area (Å²) in [7, 11) is 1.57. The second kappa shape index (κ2) is 17.4. The highest BCUT2D eigenvalue weighted by Crippen LogP contribution is 2.31. The summed E-state index contributed by atoms with van der Waals surface area (Å²) >= 11 is 0. The van der Waals surface area contributed by atoms with E-state index in [4.69, 9.17) is 18.6 Å². The number of carbonyl (C=O) groups excluding carboxylic acids is 4. The summed E-state index contributed by atoms with van der Waals surface area (Å²) in [5.74, 6) is -3.62. The van der Waals surface area contributed by atoms with Gasteiger partial charge in [-0.25, -0.2) is 0 Å². The maximum atomic E-state index is 14.0. The van der Waals surface area contributed by atoms with E-state index in [-0.39, 0.29) is 42.2 Å². The first-order chi connectivity index (χ1) is 21.6. The average molecular weight is 641 g/mol. The molecule has 9 nitrogen and oxygen atoms in total. The molecule has 0 aliphatic carbocycles. The van der Waals surface area contributed by atoms with Crippen LogP contribution in [0.15, 0.2) is 33.5 Å². The molecule has 0 bridgehead atoms. The molecule has 0 amide bonds. The third-order valence-electron chi connectivity index (χ3n) is 9.20. The zero-order chi connectivity index (χ0) is 34.9. The lowest BCUT2D eigenvalue weighted by molar-refractivity contribution is -0.169. The van der Waals surface area contributed by atoms with Crippen LogP contribution in [-0.2, 0) is 41.7 Å². The second-order valence-corrected chi connectivity index (χ2v) is 12.3. The first-order valence-electron chi connectivity index (χ1n) is 16.3. The molecule has 0 radical (unpaired) electrons. The molecule has 0 saturated heterocycles. The topological polar surface area (TPSA) is 126 Å². The highest BCUT2D eigenvalue weighted by Gasteiger charge is 2.41. The molecule has 9 heteroatoms. The van der Waals surface area contributed by atoms with Crippen LogP contribution in [0, 0.1) is 37.5 Å². The van der Waals surface area contributed by atoms with E-state index in [0.717, 1.165) is 5.56 Å². The Bertz CT molecular complexity index is 1400. The Kier molecular flexibility index (Phi) is 14.6. The number of carbonyl (C=O) groups is 4. The zero-order valence-electron chi connectivity index (χ0n) is 29.4. The normalized spacial score (nSPS) is 15.4. The summed E-state index contributed by atoms with van der Waals surface area (Å²) in [6.45, 7) is 17.1. The number of hydrogen-bond acceptors (Lipinski definition) is 9. The maximum absolute atomic E-state index is 14.0. The molecule has 0 spiro atoms. The van der Waals surface area contributed by atoms with Gasteiger partial charge < -0.3 is 18.6 Å². The van der Waals surface area contributed by atoms with Gasteiger partial charge in [0, 0.05) is 36.3 Å². The third-order valence-corrected chi connectivity index (χ3v) is 9.20. The highest BCUT2D eigenvalue weighted by molar-refractivity contribution is 5.88. The smallest absolute Gasteiger partial charge is 0.311 e. The molecule has 0 unspecified atom stereocenters. The van der Waals surface area contributed by atoms with Crippen molar-refractivity contribution in [2.45, 2.75) is 113 Å². The van der Waals surface area contributed by atoms with Crippen LogP contribution in [0.4, 0.5) is 0 Å². The maximum Gasteiger partial charge on any atom is 0.311 e. The standard InChI is InChI=1S/C37H52O9/c1-12-29(38)20(4)35(21(5)30(39)13-2)46-37(42)26(10)34(44-19-27-15-17-28(43-11)18-16-27)23(7)33(41)25(9)36-24(8)32(40)22(6)31(14-3)45-36/h15-18,20-21,23,25-26,34-35H,12-14,19H2,1-11H3/t20-,21-,23+,25-,26+,34+/m1/s1. The van der Waals surface area contributed by atoms with Crippen LogP contribution in [0.2, 0.25) is 0 Å². The summed E-state index contributed by atoms with van der Waals surface area (Å²) in [6, 6.07) is 7.24. The first-order valence-corrected chi connectivity index (χ1v) is 16.3. The van der Waals surface area contributed by atoms with E-state index in [1.807, 2.05) is 19.1 Å². The van der Waals surface area contributed by atoms with Crippen molar-refractivity contribution >= 4 is 23.3 Å². The Balaban J connectivity index is 2.48. The molecule has 2 rings (SSSR count). The minimum absolute atomic E-state index is 0.0930. The highest BCUT2D eigenvalue weighted by atomic mass is 16.6. The molecule has 0 saturated carbocycles. The summed E-state index contributed by atoms with van der Waals surface area (Å²) in [5, 5.41) is 0. The van der Waals surface area contributed by atoms with Crippen LogP contribution in [-0.4, -0.2) is 42.6 Å². The van der Waals surface area contributed by atoms with Crippen LogP contribution in [0.3, 0.4) is 0 Å². The molecule has 46 heavy (non-hydrogen) atoms. The van der Waals surface area contributed by atoms with Gasteiger partial charge in [0.2, 0.25) is 0 Å². The van der Waals surface area contributed by atoms with Gasteiger partial charge in [-0.3, -0.25) is 24.0 Å². The molecule has 1 aromatic heterocycles. The van der Waals surface area contributed by atoms with Crippen LogP contribution in [0.25, 0.3) is 0 Å². The number of esters is 1. The lowest BCUT2D eigenvalue weighted by Crippen LogP contribution is -2.44. The van der Waals surface area contributed by atoms with Gasteiger partial charge in [-0.2, -0.15) is 0 Å². The lowest BCUT2D eigenvalue weighted by Gasteiger charge is -2.33. The van der Waals surface area contributed by atoms with Gasteiger partial charge in [0.05, 0.1) is 43.5 Å². The molecule has 0 aliphatic heterocycles. The molecule has 1 heterocycles. The summed E-state index contributed by atoms with van der Waals surface area (Å²) in [4.78, 5) is 66.1. The number of methoxy groups -OCH3 is 1. The number of ketones is 3. The predicted octanol–water partition coefficient (Wildman–Crippen LogP) is 6.50. The van der Waals surface area contributed by atoms with E-state index in [1.165, 1.54) is 0 Å². The fourth-order valence-electron chi connectivity index (χ4n) is 5.90. The Morgan fingerprint density at radius 1 is 0.761 bits per heavy atom. The van der Waals surface area contributed by atoms with Crippen molar-refractivity contribution < 1.29 is 37.8 Å². The predicted molar refractivity (Wildman–Crippen MR) is 176 cm³/mol. The van der Waals surface area contributed by atoms with E-state index < -0.39 is 47.8 Å². The molecule has 254 valence electrons. The molecule has 1 aromatic carbocycles. The van der Waals surface area contributed by atoms with E-state index in [2.05, 4.69) is 0 Å². The Hall–Kier alpha value is -3.59. The first kappa shape index (κ1) is 38.6. The van der Waals surface area contributed by atoms with Crippen molar-refractivity contribution in [1.29, 1.82) is 0 Å². The molecule has 0 aliphatic rings. The fraction of sp³-hybridized carbons (Fsp3) is 0.595. The van der Waals surface area contributed by atoms with Crippen molar-refractivity contribution in [2.75, 3.05) is 7.11 Å². The van der Waals surface area contributed by atoms with E-state index >= 15 is 0 Å². The third kappa shape index (κ3) is 9.02. The number of Topliss-reactive ketones (excluding diaryl/α,β-unsaturated/α-hetero) is 3. The second-order valence-electron chi connectivity index (χ2n) is 12.3. The van der Waals surface area contributed by atoms with Crippen molar-refractivity contribution in [3.63, 3.8) is 0 Å². The number of aryl methyl sites for hydroxylation is 1. The van der Waals surface area contributed by atoms with E-state index in [1.54, 1.807) is 81.6 Å². The van der Waals surface area contributed by atoms with Gasteiger partial charge in [0.25, 0.3) is 0 Å². The SMILES string of the molecule is CCC(=O)[C@@H](C)C(OC(=O)[C@@H](C)[C@@H](OCc1ccc(OC)cc1)[C@@H](C)C(=O)[C@@H](C)c1oc(CC)c(C)c(=O)c1C)[C@H](C)C(=O)CC. The van der Waals surface area contributed by atoms with Crippen LogP contribution >= 0.6 is 0 Å². The Labute approximate surface area is 273 Å². The molecular weight excluding hydrogens is 588 g/mol. The minimum Gasteiger partial charge on any atom is -0.497 e. The van der Waals surface area contributed by atoms with Crippen molar-refractivity contribution in [2.24, 2.45) is 23.7 Å². The fourth-order valence-corrected chi connectivity index (χ4v) is 5.90. The van der Waals surface area contributed by atoms with E-state index in [0.29, 0.717) is 34.8 Å². The molecule has 2 aromatic rings. The Morgan fingerprint density at radius 3 is 1.78 bits per heavy atom. The van der Waals surface area contributed by atoms with Gasteiger partial charge >= 0.3 is 5.97 Å². The lowest BCUT2D eigenvalue weighted by atomic mass is 9.83. The average Bonchev–Trinajstić information content (AvgIpc) is 3.07.